The lowest BCUT2D eigenvalue weighted by molar-refractivity contribution is 0.112. The molecule has 0 unspecified atom stereocenters. The Kier molecular flexibility index (Phi) is 2.65. The van der Waals surface area contributed by atoms with Crippen LogP contribution in [0.4, 0.5) is 0 Å². The van der Waals surface area contributed by atoms with Crippen molar-refractivity contribution in [2.24, 2.45) is 0 Å². The summed E-state index contributed by atoms with van der Waals surface area (Å²) in [5, 5.41) is 9.84. The SMILES string of the molecule is Cc1cc(C=O)cc(C(C)(C)C)c1O. The highest BCUT2D eigenvalue weighted by Crippen LogP contribution is 2.33. The maximum atomic E-state index is 10.7. The molecule has 2 nitrogen and oxygen atoms in total. The predicted octanol–water partition coefficient (Wildman–Crippen LogP) is 2.81. The van der Waals surface area contributed by atoms with Crippen LogP contribution in [-0.2, 0) is 5.41 Å². The van der Waals surface area contributed by atoms with E-state index in [9.17, 15) is 9.90 Å². The molecule has 0 amide bonds. The van der Waals surface area contributed by atoms with Crippen LogP contribution in [0.2, 0.25) is 0 Å². The van der Waals surface area contributed by atoms with Crippen molar-refractivity contribution >= 4 is 6.29 Å². The fourth-order valence-electron chi connectivity index (χ4n) is 1.45. The lowest BCUT2D eigenvalue weighted by Crippen LogP contribution is -2.12. The van der Waals surface area contributed by atoms with Gasteiger partial charge in [-0.05, 0) is 30.0 Å². The first-order valence-corrected chi connectivity index (χ1v) is 4.65. The summed E-state index contributed by atoms with van der Waals surface area (Å²) in [6, 6.07) is 3.44. The molecule has 0 bridgehead atoms. The summed E-state index contributed by atoms with van der Waals surface area (Å²) in [7, 11) is 0. The van der Waals surface area contributed by atoms with Crippen molar-refractivity contribution in [1.82, 2.24) is 0 Å². The smallest absolute Gasteiger partial charge is 0.150 e. The van der Waals surface area contributed by atoms with Gasteiger partial charge in [-0.25, -0.2) is 0 Å². The molecular formula is C12H16O2. The molecule has 2 heteroatoms. The van der Waals surface area contributed by atoms with E-state index in [1.54, 1.807) is 19.1 Å². The van der Waals surface area contributed by atoms with Crippen LogP contribution >= 0.6 is 0 Å². The van der Waals surface area contributed by atoms with Crippen molar-refractivity contribution in [2.75, 3.05) is 0 Å². The first-order valence-electron chi connectivity index (χ1n) is 4.65. The van der Waals surface area contributed by atoms with Gasteiger partial charge in [-0.15, -0.1) is 0 Å². The van der Waals surface area contributed by atoms with Crippen molar-refractivity contribution in [2.45, 2.75) is 33.1 Å². The second kappa shape index (κ2) is 3.45. The number of rotatable bonds is 1. The summed E-state index contributed by atoms with van der Waals surface area (Å²) in [6.45, 7) is 7.83. The minimum Gasteiger partial charge on any atom is -0.507 e. The number of hydrogen-bond donors (Lipinski definition) is 1. The van der Waals surface area contributed by atoms with Gasteiger partial charge in [-0.2, -0.15) is 0 Å². The Hall–Kier alpha value is -1.31. The van der Waals surface area contributed by atoms with Gasteiger partial charge in [0.05, 0.1) is 0 Å². The molecule has 0 aromatic heterocycles. The number of benzene rings is 1. The van der Waals surface area contributed by atoms with E-state index in [0.29, 0.717) is 11.3 Å². The van der Waals surface area contributed by atoms with Gasteiger partial charge in [0.25, 0.3) is 0 Å². The largest absolute Gasteiger partial charge is 0.507 e. The molecule has 0 spiro atoms. The Bertz CT molecular complexity index is 359. The van der Waals surface area contributed by atoms with Gasteiger partial charge < -0.3 is 5.11 Å². The number of aryl methyl sites for hydroxylation is 1. The van der Waals surface area contributed by atoms with Crippen LogP contribution in [0.1, 0.15) is 42.3 Å². The van der Waals surface area contributed by atoms with Gasteiger partial charge in [0.15, 0.2) is 0 Å². The van der Waals surface area contributed by atoms with E-state index in [1.165, 1.54) is 0 Å². The number of phenols is 1. The molecule has 1 aromatic carbocycles. The lowest BCUT2D eigenvalue weighted by Gasteiger charge is -2.21. The number of aldehydes is 1. The monoisotopic (exact) mass is 192 g/mol. The molecule has 0 atom stereocenters. The molecule has 0 fully saturated rings. The van der Waals surface area contributed by atoms with Gasteiger partial charge in [0, 0.05) is 11.1 Å². The Morgan fingerprint density at radius 2 is 1.86 bits per heavy atom. The van der Waals surface area contributed by atoms with E-state index < -0.39 is 0 Å². The van der Waals surface area contributed by atoms with Crippen LogP contribution in [0, 0.1) is 6.92 Å². The maximum Gasteiger partial charge on any atom is 0.150 e. The third kappa shape index (κ3) is 1.95. The normalized spacial score (nSPS) is 11.4. The molecule has 0 heterocycles. The molecule has 1 rings (SSSR count). The Morgan fingerprint density at radius 1 is 1.29 bits per heavy atom. The summed E-state index contributed by atoms with van der Waals surface area (Å²) >= 11 is 0. The molecule has 0 saturated carbocycles. The molecule has 0 radical (unpaired) electrons. The van der Waals surface area contributed by atoms with E-state index in [0.717, 1.165) is 17.4 Å². The molecule has 0 aliphatic rings. The quantitative estimate of drug-likeness (QED) is 0.695. The summed E-state index contributed by atoms with van der Waals surface area (Å²) in [5.41, 5.74) is 2.04. The summed E-state index contributed by atoms with van der Waals surface area (Å²) < 4.78 is 0. The highest BCUT2D eigenvalue weighted by molar-refractivity contribution is 5.76. The van der Waals surface area contributed by atoms with E-state index >= 15 is 0 Å². The zero-order chi connectivity index (χ0) is 10.9. The van der Waals surface area contributed by atoms with Crippen molar-refractivity contribution in [3.8, 4) is 5.75 Å². The average Bonchev–Trinajstić information content (AvgIpc) is 2.07. The maximum absolute atomic E-state index is 10.7. The first-order chi connectivity index (χ1) is 6.36. The fraction of sp³-hybridized carbons (Fsp3) is 0.417. The molecule has 1 aromatic rings. The van der Waals surface area contributed by atoms with Crippen LogP contribution in [0.5, 0.6) is 5.75 Å². The van der Waals surface area contributed by atoms with Crippen molar-refractivity contribution in [3.05, 3.63) is 28.8 Å². The highest BCUT2D eigenvalue weighted by atomic mass is 16.3. The standard InChI is InChI=1S/C12H16O2/c1-8-5-9(7-13)6-10(11(8)14)12(2,3)4/h5-7,14H,1-4H3. The van der Waals surface area contributed by atoms with Crippen LogP contribution in [0.15, 0.2) is 12.1 Å². The third-order valence-corrected chi connectivity index (χ3v) is 2.27. The summed E-state index contributed by atoms with van der Waals surface area (Å²) in [5.74, 6) is 0.295. The predicted molar refractivity (Wildman–Crippen MR) is 56.9 cm³/mol. The average molecular weight is 192 g/mol. The van der Waals surface area contributed by atoms with Crippen molar-refractivity contribution in [1.29, 1.82) is 0 Å². The molecular weight excluding hydrogens is 176 g/mol. The fourth-order valence-corrected chi connectivity index (χ4v) is 1.45. The van der Waals surface area contributed by atoms with E-state index in [1.807, 2.05) is 20.8 Å². The van der Waals surface area contributed by atoms with Crippen LogP contribution in [0.25, 0.3) is 0 Å². The number of phenolic OH excluding ortho intramolecular Hbond substituents is 1. The Morgan fingerprint density at radius 3 is 2.29 bits per heavy atom. The zero-order valence-corrected chi connectivity index (χ0v) is 9.09. The topological polar surface area (TPSA) is 37.3 Å². The Balaban J connectivity index is 3.42. The molecule has 0 aliphatic carbocycles. The number of aromatic hydroxyl groups is 1. The molecule has 1 N–H and O–H groups in total. The first kappa shape index (κ1) is 10.8. The molecule has 76 valence electrons. The van der Waals surface area contributed by atoms with Gasteiger partial charge >= 0.3 is 0 Å². The van der Waals surface area contributed by atoms with E-state index in [-0.39, 0.29) is 5.41 Å². The summed E-state index contributed by atoms with van der Waals surface area (Å²) in [6.07, 6.45) is 0.807. The zero-order valence-electron chi connectivity index (χ0n) is 9.09. The van der Waals surface area contributed by atoms with E-state index in [2.05, 4.69) is 0 Å². The van der Waals surface area contributed by atoms with Gasteiger partial charge in [0.2, 0.25) is 0 Å². The van der Waals surface area contributed by atoms with Gasteiger partial charge in [0.1, 0.15) is 12.0 Å². The summed E-state index contributed by atoms with van der Waals surface area (Å²) in [4.78, 5) is 10.7. The van der Waals surface area contributed by atoms with Gasteiger partial charge in [-0.3, -0.25) is 4.79 Å². The minimum atomic E-state index is -0.145. The number of hydrogen-bond acceptors (Lipinski definition) is 2. The van der Waals surface area contributed by atoms with Crippen LogP contribution in [-0.4, -0.2) is 11.4 Å². The van der Waals surface area contributed by atoms with Crippen molar-refractivity contribution in [3.63, 3.8) is 0 Å². The van der Waals surface area contributed by atoms with Crippen LogP contribution < -0.4 is 0 Å². The highest BCUT2D eigenvalue weighted by Gasteiger charge is 2.19. The second-order valence-corrected chi connectivity index (χ2v) is 4.60. The van der Waals surface area contributed by atoms with Gasteiger partial charge in [-0.1, -0.05) is 20.8 Å². The lowest BCUT2D eigenvalue weighted by atomic mass is 9.84. The molecule has 0 saturated heterocycles. The second-order valence-electron chi connectivity index (χ2n) is 4.60. The third-order valence-electron chi connectivity index (χ3n) is 2.27. The van der Waals surface area contributed by atoms with Crippen molar-refractivity contribution < 1.29 is 9.90 Å². The number of carbonyl (C=O) groups is 1. The minimum absolute atomic E-state index is 0.145. The van der Waals surface area contributed by atoms with Crippen LogP contribution in [0.3, 0.4) is 0 Å². The van der Waals surface area contributed by atoms with E-state index in [4.69, 9.17) is 0 Å². The molecule has 14 heavy (non-hydrogen) atoms. The number of carbonyl (C=O) groups excluding carboxylic acids is 1. The Labute approximate surface area is 84.6 Å². The molecule has 0 aliphatic heterocycles.